The van der Waals surface area contributed by atoms with Crippen LogP contribution in [0.2, 0.25) is 0 Å². The Hall–Kier alpha value is -1.85. The quantitative estimate of drug-likeness (QED) is 0.0261. The molecule has 0 aromatic carbocycles. The Kier molecular flexibility index (Phi) is 57.1. The van der Waals surface area contributed by atoms with Gasteiger partial charge in [0.25, 0.3) is 0 Å². The molecule has 408 valence electrons. The molecule has 1 unspecified atom stereocenters. The molecule has 0 aromatic rings. The van der Waals surface area contributed by atoms with Crippen molar-refractivity contribution >= 4 is 17.9 Å². The van der Waals surface area contributed by atoms with Gasteiger partial charge in [-0.25, -0.2) is 0 Å². The third-order valence-electron chi connectivity index (χ3n) is 14.3. The molecule has 0 rings (SSSR count). The molecule has 6 heteroatoms. The van der Waals surface area contributed by atoms with Crippen LogP contribution in [0.15, 0.2) is 12.2 Å². The number of hydrogen-bond donors (Lipinski definition) is 0. The van der Waals surface area contributed by atoms with Crippen molar-refractivity contribution in [2.75, 3.05) is 13.2 Å². The highest BCUT2D eigenvalue weighted by Gasteiger charge is 2.19. The molecular formula is C63H120O6. The number of allylic oxidation sites excluding steroid dienone is 2. The molecule has 1 atom stereocenters. The number of ether oxygens (including phenoxy) is 3. The van der Waals surface area contributed by atoms with Crippen molar-refractivity contribution in [3.8, 4) is 0 Å². The fourth-order valence-corrected chi connectivity index (χ4v) is 9.56. The van der Waals surface area contributed by atoms with E-state index >= 15 is 0 Å². The molecule has 0 N–H and O–H groups in total. The summed E-state index contributed by atoms with van der Waals surface area (Å²) in [6.07, 6.45) is 67.8. The molecule has 0 spiro atoms. The molecule has 6 nitrogen and oxygen atoms in total. The molecule has 0 bridgehead atoms. The Balaban J connectivity index is 4.30. The Bertz CT molecular complexity index is 1070. The monoisotopic (exact) mass is 973 g/mol. The first-order valence-corrected chi connectivity index (χ1v) is 31.2. The number of rotatable bonds is 58. The van der Waals surface area contributed by atoms with E-state index < -0.39 is 6.10 Å². The summed E-state index contributed by atoms with van der Waals surface area (Å²) in [5.74, 6) is -0.846. The van der Waals surface area contributed by atoms with Gasteiger partial charge in [-0.15, -0.1) is 0 Å². The molecular weight excluding hydrogens is 853 g/mol. The Labute approximate surface area is 431 Å². The first-order valence-electron chi connectivity index (χ1n) is 31.2. The topological polar surface area (TPSA) is 78.9 Å². The van der Waals surface area contributed by atoms with E-state index in [2.05, 4.69) is 32.9 Å². The third kappa shape index (κ3) is 56.9. The summed E-state index contributed by atoms with van der Waals surface area (Å²) in [6, 6.07) is 0. The van der Waals surface area contributed by atoms with Crippen LogP contribution >= 0.6 is 0 Å². The Morgan fingerprint density at radius 3 is 0.725 bits per heavy atom. The van der Waals surface area contributed by atoms with Gasteiger partial charge in [-0.3, -0.25) is 14.4 Å². The molecule has 0 saturated carbocycles. The zero-order valence-electron chi connectivity index (χ0n) is 46.9. The van der Waals surface area contributed by atoms with Gasteiger partial charge >= 0.3 is 17.9 Å². The minimum absolute atomic E-state index is 0.0670. The van der Waals surface area contributed by atoms with Gasteiger partial charge in [-0.1, -0.05) is 303 Å². The standard InChI is InChI=1S/C63H120O6/c1-4-7-10-13-16-19-22-25-28-30-32-34-35-38-41-44-47-50-53-56-62(65)68-59-60(58-67-61(64)55-52-49-46-43-40-37-27-24-21-18-15-12-9-6-3)69-63(66)57-54-51-48-45-42-39-36-33-31-29-26-23-20-17-14-11-8-5-2/h33,36,60H,4-32,34-35,37-59H2,1-3H3/b36-33-. The molecule has 0 amide bonds. The summed E-state index contributed by atoms with van der Waals surface area (Å²) in [4.78, 5) is 38.2. The van der Waals surface area contributed by atoms with Crippen molar-refractivity contribution in [3.05, 3.63) is 12.2 Å². The summed E-state index contributed by atoms with van der Waals surface area (Å²) in [5.41, 5.74) is 0. The van der Waals surface area contributed by atoms with Crippen LogP contribution in [-0.4, -0.2) is 37.2 Å². The van der Waals surface area contributed by atoms with Crippen LogP contribution in [0.4, 0.5) is 0 Å². The van der Waals surface area contributed by atoms with E-state index in [1.54, 1.807) is 0 Å². The summed E-state index contributed by atoms with van der Waals surface area (Å²) >= 11 is 0. The summed E-state index contributed by atoms with van der Waals surface area (Å²) in [5, 5.41) is 0. The zero-order valence-corrected chi connectivity index (χ0v) is 46.9. The number of hydrogen-bond acceptors (Lipinski definition) is 6. The van der Waals surface area contributed by atoms with E-state index in [0.717, 1.165) is 64.2 Å². The maximum atomic E-state index is 12.9. The maximum Gasteiger partial charge on any atom is 0.306 e. The molecule has 0 radical (unpaired) electrons. The van der Waals surface area contributed by atoms with Crippen LogP contribution in [-0.2, 0) is 28.6 Å². The van der Waals surface area contributed by atoms with Gasteiger partial charge in [0, 0.05) is 19.3 Å². The second-order valence-corrected chi connectivity index (χ2v) is 21.3. The van der Waals surface area contributed by atoms with Crippen molar-refractivity contribution in [2.24, 2.45) is 0 Å². The van der Waals surface area contributed by atoms with Gasteiger partial charge in [-0.2, -0.15) is 0 Å². The van der Waals surface area contributed by atoms with Crippen molar-refractivity contribution in [3.63, 3.8) is 0 Å². The smallest absolute Gasteiger partial charge is 0.306 e. The lowest BCUT2D eigenvalue weighted by Gasteiger charge is -2.18. The van der Waals surface area contributed by atoms with E-state index in [1.807, 2.05) is 0 Å². The average molecular weight is 974 g/mol. The molecule has 0 heterocycles. The van der Waals surface area contributed by atoms with Crippen molar-refractivity contribution < 1.29 is 28.6 Å². The van der Waals surface area contributed by atoms with Crippen molar-refractivity contribution in [1.82, 2.24) is 0 Å². The van der Waals surface area contributed by atoms with Crippen molar-refractivity contribution in [2.45, 2.75) is 361 Å². The van der Waals surface area contributed by atoms with Gasteiger partial charge < -0.3 is 14.2 Å². The van der Waals surface area contributed by atoms with Crippen molar-refractivity contribution in [1.29, 1.82) is 0 Å². The second kappa shape index (κ2) is 58.7. The fourth-order valence-electron chi connectivity index (χ4n) is 9.56. The first kappa shape index (κ1) is 67.1. The number of carbonyl (C=O) groups is 3. The van der Waals surface area contributed by atoms with Crippen LogP contribution in [0.25, 0.3) is 0 Å². The molecule has 0 saturated heterocycles. The predicted octanol–water partition coefficient (Wildman–Crippen LogP) is 20.9. The molecule has 0 aliphatic rings. The number of unbranched alkanes of at least 4 members (excludes halogenated alkanes) is 45. The Morgan fingerprint density at radius 2 is 0.478 bits per heavy atom. The van der Waals surface area contributed by atoms with Gasteiger partial charge in [0.2, 0.25) is 0 Å². The van der Waals surface area contributed by atoms with Crippen LogP contribution in [0.1, 0.15) is 355 Å². The lowest BCUT2D eigenvalue weighted by atomic mass is 10.0. The predicted molar refractivity (Wildman–Crippen MR) is 298 cm³/mol. The highest BCUT2D eigenvalue weighted by Crippen LogP contribution is 2.18. The van der Waals surface area contributed by atoms with E-state index in [1.165, 1.54) is 250 Å². The lowest BCUT2D eigenvalue weighted by Crippen LogP contribution is -2.30. The largest absolute Gasteiger partial charge is 0.462 e. The number of carbonyl (C=O) groups excluding carboxylic acids is 3. The Morgan fingerprint density at radius 1 is 0.275 bits per heavy atom. The number of esters is 3. The van der Waals surface area contributed by atoms with Crippen LogP contribution in [0, 0.1) is 0 Å². The van der Waals surface area contributed by atoms with Gasteiger partial charge in [0.1, 0.15) is 13.2 Å². The minimum atomic E-state index is -0.769. The lowest BCUT2D eigenvalue weighted by molar-refractivity contribution is -0.167. The molecule has 0 fully saturated rings. The molecule has 0 aliphatic heterocycles. The summed E-state index contributed by atoms with van der Waals surface area (Å²) in [7, 11) is 0. The molecule has 69 heavy (non-hydrogen) atoms. The van der Waals surface area contributed by atoms with Crippen LogP contribution in [0.3, 0.4) is 0 Å². The summed E-state index contributed by atoms with van der Waals surface area (Å²) in [6.45, 7) is 6.71. The molecule has 0 aliphatic carbocycles. The van der Waals surface area contributed by atoms with Gasteiger partial charge in [0.05, 0.1) is 0 Å². The van der Waals surface area contributed by atoms with Gasteiger partial charge in [-0.05, 0) is 44.9 Å². The maximum absolute atomic E-state index is 12.9. The van der Waals surface area contributed by atoms with E-state index in [-0.39, 0.29) is 31.1 Å². The van der Waals surface area contributed by atoms with E-state index in [0.29, 0.717) is 19.3 Å². The third-order valence-corrected chi connectivity index (χ3v) is 14.3. The first-order chi connectivity index (χ1) is 34.0. The fraction of sp³-hybridized carbons (Fsp3) is 0.921. The highest BCUT2D eigenvalue weighted by atomic mass is 16.6. The van der Waals surface area contributed by atoms with Gasteiger partial charge in [0.15, 0.2) is 6.10 Å². The highest BCUT2D eigenvalue weighted by molar-refractivity contribution is 5.71. The van der Waals surface area contributed by atoms with Crippen LogP contribution < -0.4 is 0 Å². The summed E-state index contributed by atoms with van der Waals surface area (Å²) < 4.78 is 16.9. The van der Waals surface area contributed by atoms with E-state index in [9.17, 15) is 14.4 Å². The SMILES string of the molecule is CCCCCCCCCCC/C=C\CCCCCCCC(=O)OC(COC(=O)CCCCCCCCCCCCCCCC)COC(=O)CCCCCCCCCCCCCCCCCCCCC. The normalized spacial score (nSPS) is 12.0. The molecule has 0 aromatic heterocycles. The minimum Gasteiger partial charge on any atom is -0.462 e. The second-order valence-electron chi connectivity index (χ2n) is 21.3. The zero-order chi connectivity index (χ0) is 50.0. The average Bonchev–Trinajstić information content (AvgIpc) is 3.35. The van der Waals surface area contributed by atoms with E-state index in [4.69, 9.17) is 14.2 Å². The van der Waals surface area contributed by atoms with Crippen LogP contribution in [0.5, 0.6) is 0 Å².